The molecule has 2 amide bonds. The number of benzene rings is 3. The van der Waals surface area contributed by atoms with Crippen LogP contribution in [0.1, 0.15) is 16.6 Å². The van der Waals surface area contributed by atoms with Crippen LogP contribution in [0.2, 0.25) is 5.02 Å². The van der Waals surface area contributed by atoms with Crippen LogP contribution < -0.4 is 19.7 Å². The summed E-state index contributed by atoms with van der Waals surface area (Å²) in [7, 11) is -0.975. The van der Waals surface area contributed by atoms with Crippen molar-refractivity contribution in [3.8, 4) is 5.75 Å². The monoisotopic (exact) mass is 543 g/mol. The molecule has 186 valence electrons. The molecule has 1 aromatic heterocycles. The highest BCUT2D eigenvalue weighted by Crippen LogP contribution is 2.33. The fraction of sp³-hybridized carbons (Fsp3) is 0.120. The smallest absolute Gasteiger partial charge is 0.265 e. The molecule has 0 saturated carbocycles. The Morgan fingerprint density at radius 2 is 1.69 bits per heavy atom. The number of nitrogens with zero attached hydrogens (tertiary/aromatic N) is 1. The standard InChI is InChI=1S/C25H22ClN3O5S2/c1-15(30)27-17-5-4-6-18(13-17)28-25(31)24-12-16-11-19(7-10-23(16)35-24)29(2)36(32,33)20-8-9-22(34-3)21(26)14-20/h4-14H,1-3H3,(H,27,30)(H,28,31). The van der Waals surface area contributed by atoms with E-state index in [1.54, 1.807) is 48.5 Å². The summed E-state index contributed by atoms with van der Waals surface area (Å²) in [5.41, 5.74) is 1.54. The molecule has 1 heterocycles. The minimum absolute atomic E-state index is 0.0303. The average Bonchev–Trinajstić information content (AvgIpc) is 3.27. The van der Waals surface area contributed by atoms with Gasteiger partial charge in [-0.1, -0.05) is 17.7 Å². The summed E-state index contributed by atoms with van der Waals surface area (Å²) >= 11 is 7.41. The molecule has 0 unspecified atom stereocenters. The highest BCUT2D eigenvalue weighted by Gasteiger charge is 2.23. The van der Waals surface area contributed by atoms with Crippen LogP contribution in [-0.4, -0.2) is 34.4 Å². The predicted molar refractivity (Wildman–Crippen MR) is 144 cm³/mol. The van der Waals surface area contributed by atoms with Gasteiger partial charge in [0, 0.05) is 30.0 Å². The number of amides is 2. The molecule has 0 radical (unpaired) electrons. The van der Waals surface area contributed by atoms with E-state index in [0.29, 0.717) is 27.7 Å². The Labute approximate surface area is 217 Å². The number of nitrogens with one attached hydrogen (secondary N) is 2. The molecule has 2 N–H and O–H groups in total. The number of rotatable bonds is 7. The molecule has 36 heavy (non-hydrogen) atoms. The summed E-state index contributed by atoms with van der Waals surface area (Å²) in [5, 5.41) is 6.42. The number of fused-ring (bicyclic) bond motifs is 1. The van der Waals surface area contributed by atoms with Crippen LogP contribution in [-0.2, 0) is 14.8 Å². The van der Waals surface area contributed by atoms with E-state index >= 15 is 0 Å². The summed E-state index contributed by atoms with van der Waals surface area (Å²) in [6, 6.07) is 18.0. The summed E-state index contributed by atoms with van der Waals surface area (Å²) < 4.78 is 33.4. The maximum atomic E-state index is 13.2. The third kappa shape index (κ3) is 5.30. The number of halogens is 1. The maximum Gasteiger partial charge on any atom is 0.265 e. The molecule has 0 aliphatic rings. The highest BCUT2D eigenvalue weighted by atomic mass is 35.5. The molecule has 0 spiro atoms. The minimum atomic E-state index is -3.88. The van der Waals surface area contributed by atoms with Gasteiger partial charge in [-0.25, -0.2) is 8.42 Å². The number of carbonyl (C=O) groups excluding carboxylic acids is 2. The van der Waals surface area contributed by atoms with Crippen LogP contribution in [0.3, 0.4) is 0 Å². The quantitative estimate of drug-likeness (QED) is 0.316. The van der Waals surface area contributed by atoms with Crippen molar-refractivity contribution in [3.05, 3.63) is 76.6 Å². The largest absolute Gasteiger partial charge is 0.495 e. The second-order valence-electron chi connectivity index (χ2n) is 7.82. The molecular weight excluding hydrogens is 522 g/mol. The van der Waals surface area contributed by atoms with E-state index in [0.717, 1.165) is 14.4 Å². The normalized spacial score (nSPS) is 11.2. The molecule has 0 aliphatic carbocycles. The van der Waals surface area contributed by atoms with E-state index in [2.05, 4.69) is 10.6 Å². The summed E-state index contributed by atoms with van der Waals surface area (Å²) in [5.74, 6) is -0.141. The molecular formula is C25H22ClN3O5S2. The van der Waals surface area contributed by atoms with Crippen LogP contribution in [0, 0.1) is 0 Å². The average molecular weight is 544 g/mol. The van der Waals surface area contributed by atoms with Crippen LogP contribution in [0.15, 0.2) is 71.6 Å². The highest BCUT2D eigenvalue weighted by molar-refractivity contribution is 7.92. The number of thiophene rings is 1. The van der Waals surface area contributed by atoms with Crippen LogP contribution in [0.25, 0.3) is 10.1 Å². The Bertz CT molecular complexity index is 1580. The van der Waals surface area contributed by atoms with Crippen LogP contribution in [0.4, 0.5) is 17.1 Å². The number of hydrogen-bond acceptors (Lipinski definition) is 6. The van der Waals surface area contributed by atoms with E-state index in [-0.39, 0.29) is 21.7 Å². The van der Waals surface area contributed by atoms with Gasteiger partial charge in [0.1, 0.15) is 5.75 Å². The molecule has 4 aromatic rings. The molecule has 3 aromatic carbocycles. The van der Waals surface area contributed by atoms with Gasteiger partial charge >= 0.3 is 0 Å². The summed E-state index contributed by atoms with van der Waals surface area (Å²) in [6.07, 6.45) is 0. The van der Waals surface area contributed by atoms with E-state index in [4.69, 9.17) is 16.3 Å². The van der Waals surface area contributed by atoms with Crippen molar-refractivity contribution in [3.63, 3.8) is 0 Å². The van der Waals surface area contributed by atoms with Crippen molar-refractivity contribution in [2.45, 2.75) is 11.8 Å². The van der Waals surface area contributed by atoms with Crippen molar-refractivity contribution in [1.82, 2.24) is 0 Å². The molecule has 0 fully saturated rings. The molecule has 11 heteroatoms. The molecule has 4 rings (SSSR count). The van der Waals surface area contributed by atoms with Crippen molar-refractivity contribution < 1.29 is 22.7 Å². The lowest BCUT2D eigenvalue weighted by molar-refractivity contribution is -0.114. The number of carbonyl (C=O) groups is 2. The number of anilines is 3. The molecule has 0 atom stereocenters. The first-order chi connectivity index (χ1) is 17.1. The maximum absolute atomic E-state index is 13.2. The summed E-state index contributed by atoms with van der Waals surface area (Å²) in [4.78, 5) is 24.6. The van der Waals surface area contributed by atoms with Gasteiger partial charge in [-0.15, -0.1) is 11.3 Å². The second-order valence-corrected chi connectivity index (χ2v) is 11.3. The van der Waals surface area contributed by atoms with Gasteiger partial charge < -0.3 is 15.4 Å². The third-order valence-corrected chi connectivity index (χ3v) is 8.50. The third-order valence-electron chi connectivity index (χ3n) is 5.31. The molecule has 8 nitrogen and oxygen atoms in total. The summed E-state index contributed by atoms with van der Waals surface area (Å²) in [6.45, 7) is 1.41. The Morgan fingerprint density at radius 1 is 0.972 bits per heavy atom. The zero-order valence-electron chi connectivity index (χ0n) is 19.5. The zero-order valence-corrected chi connectivity index (χ0v) is 21.9. The van der Waals surface area contributed by atoms with Gasteiger partial charge in [-0.3, -0.25) is 13.9 Å². The molecule has 0 aliphatic heterocycles. The fourth-order valence-electron chi connectivity index (χ4n) is 3.51. The molecule has 0 saturated heterocycles. The van der Waals surface area contributed by atoms with Crippen molar-refractivity contribution in [1.29, 1.82) is 0 Å². The SMILES string of the molecule is COc1ccc(S(=O)(=O)N(C)c2ccc3sc(C(=O)Nc4cccc(NC(C)=O)c4)cc3c2)cc1Cl. The van der Waals surface area contributed by atoms with Gasteiger partial charge in [0.2, 0.25) is 5.91 Å². The Morgan fingerprint density at radius 3 is 2.36 bits per heavy atom. The fourth-order valence-corrected chi connectivity index (χ4v) is 5.99. The van der Waals surface area contributed by atoms with Crippen molar-refractivity contribution >= 4 is 71.9 Å². The first-order valence-corrected chi connectivity index (χ1v) is 13.3. The lowest BCUT2D eigenvalue weighted by atomic mass is 10.2. The number of hydrogen-bond donors (Lipinski definition) is 2. The molecule has 0 bridgehead atoms. The topological polar surface area (TPSA) is 105 Å². The van der Waals surface area contributed by atoms with E-state index in [1.807, 2.05) is 0 Å². The lowest BCUT2D eigenvalue weighted by Crippen LogP contribution is -2.26. The number of methoxy groups -OCH3 is 1. The Kier molecular flexibility index (Phi) is 7.21. The number of sulfonamides is 1. The van der Waals surface area contributed by atoms with Gasteiger partial charge in [0.25, 0.3) is 15.9 Å². The zero-order chi connectivity index (χ0) is 26.0. The minimum Gasteiger partial charge on any atom is -0.495 e. The first kappa shape index (κ1) is 25.5. The second kappa shape index (κ2) is 10.2. The number of ether oxygens (including phenoxy) is 1. The van der Waals surface area contributed by atoms with Gasteiger partial charge in [-0.05, 0) is 66.0 Å². The Balaban J connectivity index is 1.57. The lowest BCUT2D eigenvalue weighted by Gasteiger charge is -2.20. The van der Waals surface area contributed by atoms with Crippen molar-refractivity contribution in [2.75, 3.05) is 29.1 Å². The van der Waals surface area contributed by atoms with Crippen molar-refractivity contribution in [2.24, 2.45) is 0 Å². The van der Waals surface area contributed by atoms with Gasteiger partial charge in [-0.2, -0.15) is 0 Å². The van der Waals surface area contributed by atoms with Crippen LogP contribution in [0.5, 0.6) is 5.75 Å². The first-order valence-electron chi connectivity index (χ1n) is 10.6. The van der Waals surface area contributed by atoms with Gasteiger partial charge in [0.15, 0.2) is 0 Å². The Hall–Kier alpha value is -3.60. The van der Waals surface area contributed by atoms with E-state index in [1.165, 1.54) is 50.6 Å². The van der Waals surface area contributed by atoms with Gasteiger partial charge in [0.05, 0.1) is 27.6 Å². The predicted octanol–water partition coefficient (Wildman–Crippen LogP) is 5.60. The van der Waals surface area contributed by atoms with Crippen LogP contribution >= 0.6 is 22.9 Å². The van der Waals surface area contributed by atoms with E-state index < -0.39 is 10.0 Å². The van der Waals surface area contributed by atoms with E-state index in [9.17, 15) is 18.0 Å².